The average Bonchev–Trinajstić information content (AvgIpc) is 2.45. The number of nitrogens with zero attached hydrogens (tertiary/aromatic N) is 2. The van der Waals surface area contributed by atoms with Gasteiger partial charge in [0.2, 0.25) is 0 Å². The van der Waals surface area contributed by atoms with Crippen LogP contribution in [0.1, 0.15) is 0 Å². The van der Waals surface area contributed by atoms with Gasteiger partial charge in [-0.05, 0) is 12.1 Å². The first-order valence-corrected chi connectivity index (χ1v) is 4.89. The van der Waals surface area contributed by atoms with E-state index in [0.29, 0.717) is 11.0 Å². The number of fused-ring (bicyclic) bond motifs is 1. The van der Waals surface area contributed by atoms with Crippen molar-refractivity contribution in [2.45, 2.75) is 0 Å². The maximum absolute atomic E-state index is 10.8. The maximum atomic E-state index is 10.8. The molecule has 0 fully saturated rings. The normalized spacial score (nSPS) is 11.2. The summed E-state index contributed by atoms with van der Waals surface area (Å²) in [6.07, 6.45) is 1.07. The molecule has 74 valence electrons. The fraction of sp³-hybridized carbons (Fsp3) is 0. The van der Waals surface area contributed by atoms with E-state index in [4.69, 9.17) is 4.55 Å². The Balaban J connectivity index is 0.000000980. The van der Waals surface area contributed by atoms with E-state index in [-0.39, 0.29) is 17.4 Å². The van der Waals surface area contributed by atoms with Crippen LogP contribution in [0.5, 0.6) is 0 Å². The maximum Gasteiger partial charge on any atom is 0.365 e. The van der Waals surface area contributed by atoms with Crippen LogP contribution in [0.25, 0.3) is 11.0 Å². The minimum absolute atomic E-state index is 0. The first kappa shape index (κ1) is 11.2. The van der Waals surface area contributed by atoms with Crippen LogP contribution in [0.15, 0.2) is 30.6 Å². The Bertz CT molecular complexity index is 549. The molecule has 1 heterocycles. The minimum atomic E-state index is -4.23. The average molecular weight is 228 g/mol. The molecule has 2 aromatic rings. The van der Waals surface area contributed by atoms with Gasteiger partial charge in [0.25, 0.3) is 0 Å². The number of aromatic nitrogens is 2. The molecule has 0 saturated heterocycles. The van der Waals surface area contributed by atoms with Crippen LogP contribution in [0, 0.1) is 0 Å². The molecule has 0 spiro atoms. The lowest BCUT2D eigenvalue weighted by Crippen LogP contribution is -2.08. The van der Waals surface area contributed by atoms with Gasteiger partial charge in [0, 0.05) is 0 Å². The predicted octanol–water partition coefficient (Wildman–Crippen LogP) is -0.497. The van der Waals surface area contributed by atoms with Crippen LogP contribution in [-0.4, -0.2) is 39.3 Å². The van der Waals surface area contributed by atoms with Crippen molar-refractivity contribution in [3.05, 3.63) is 30.6 Å². The SMILES string of the molecule is O=S(=O)(O)n1cnc2ccccc21.[AlH3]. The third kappa shape index (κ3) is 1.81. The topological polar surface area (TPSA) is 72.2 Å². The molecule has 0 amide bonds. The molecule has 0 aliphatic heterocycles. The lowest BCUT2D eigenvalue weighted by Gasteiger charge is -1.96. The standard InChI is InChI=1S/C7H6N2O3S.Al.3H/c10-13(11,12)9-5-8-6-3-1-2-4-7(6)9;;;;/h1-5H,(H,10,11,12);;;;. The molecular weight excluding hydrogens is 219 g/mol. The highest BCUT2D eigenvalue weighted by Gasteiger charge is 2.11. The Hall–Kier alpha value is -0.868. The van der Waals surface area contributed by atoms with Crippen LogP contribution in [-0.2, 0) is 10.3 Å². The molecule has 2 rings (SSSR count). The van der Waals surface area contributed by atoms with Crippen LogP contribution >= 0.6 is 0 Å². The highest BCUT2D eigenvalue weighted by Crippen LogP contribution is 2.12. The summed E-state index contributed by atoms with van der Waals surface area (Å²) in [5.74, 6) is 0. The van der Waals surface area contributed by atoms with Crippen molar-refractivity contribution in [2.24, 2.45) is 0 Å². The second-order valence-electron chi connectivity index (χ2n) is 2.51. The van der Waals surface area contributed by atoms with Crippen LogP contribution < -0.4 is 0 Å². The van der Waals surface area contributed by atoms with Gasteiger partial charge in [-0.2, -0.15) is 8.42 Å². The smallest absolute Gasteiger partial charge is 0.269 e. The van der Waals surface area contributed by atoms with Gasteiger partial charge in [-0.15, -0.1) is 0 Å². The molecule has 0 aliphatic carbocycles. The summed E-state index contributed by atoms with van der Waals surface area (Å²) in [5, 5.41) is 0. The van der Waals surface area contributed by atoms with E-state index in [1.54, 1.807) is 24.3 Å². The van der Waals surface area contributed by atoms with Crippen molar-refractivity contribution < 1.29 is 13.0 Å². The molecule has 1 N–H and O–H groups in total. The number of benzene rings is 1. The van der Waals surface area contributed by atoms with E-state index in [1.165, 1.54) is 0 Å². The number of imidazole rings is 1. The van der Waals surface area contributed by atoms with Gasteiger partial charge in [-0.25, -0.2) is 8.96 Å². The zero-order valence-corrected chi connectivity index (χ0v) is 7.27. The van der Waals surface area contributed by atoms with Crippen molar-refractivity contribution in [2.75, 3.05) is 0 Å². The molecule has 0 saturated carbocycles. The molecule has 0 atom stereocenters. The van der Waals surface area contributed by atoms with Crippen LogP contribution in [0.2, 0.25) is 0 Å². The zero-order valence-electron chi connectivity index (χ0n) is 6.45. The van der Waals surface area contributed by atoms with E-state index in [1.807, 2.05) is 0 Å². The van der Waals surface area contributed by atoms with E-state index >= 15 is 0 Å². The van der Waals surface area contributed by atoms with Crippen molar-refractivity contribution in [1.82, 2.24) is 8.96 Å². The lowest BCUT2D eigenvalue weighted by atomic mass is 10.3. The first-order valence-electron chi connectivity index (χ1n) is 3.49. The van der Waals surface area contributed by atoms with E-state index in [9.17, 15) is 8.42 Å². The fourth-order valence-electron chi connectivity index (χ4n) is 1.12. The van der Waals surface area contributed by atoms with Crippen LogP contribution in [0.4, 0.5) is 0 Å². The molecule has 1 aromatic carbocycles. The third-order valence-corrected chi connectivity index (χ3v) is 2.46. The monoisotopic (exact) mass is 228 g/mol. The van der Waals surface area contributed by atoms with Gasteiger partial charge in [0.1, 0.15) is 6.33 Å². The van der Waals surface area contributed by atoms with E-state index in [2.05, 4.69) is 4.98 Å². The summed E-state index contributed by atoms with van der Waals surface area (Å²) in [4.78, 5) is 3.81. The molecular formula is C7H9AlN2O3S. The van der Waals surface area contributed by atoms with Gasteiger partial charge in [0.05, 0.1) is 11.0 Å². The first-order chi connectivity index (χ1) is 6.09. The molecule has 14 heavy (non-hydrogen) atoms. The molecule has 0 radical (unpaired) electrons. The quantitative estimate of drug-likeness (QED) is 0.527. The van der Waals surface area contributed by atoms with Crippen molar-refractivity contribution in [3.63, 3.8) is 0 Å². The predicted molar refractivity (Wildman–Crippen MR) is 56.6 cm³/mol. The van der Waals surface area contributed by atoms with Crippen molar-refractivity contribution in [1.29, 1.82) is 0 Å². The third-order valence-electron chi connectivity index (χ3n) is 1.67. The van der Waals surface area contributed by atoms with E-state index < -0.39 is 10.3 Å². The Morgan fingerprint density at radius 3 is 2.57 bits per heavy atom. The van der Waals surface area contributed by atoms with Gasteiger partial charge < -0.3 is 0 Å². The summed E-state index contributed by atoms with van der Waals surface area (Å²) in [7, 11) is -4.23. The van der Waals surface area contributed by atoms with Gasteiger partial charge in [0.15, 0.2) is 17.4 Å². The molecule has 1 aromatic heterocycles. The van der Waals surface area contributed by atoms with Crippen LogP contribution in [0.3, 0.4) is 0 Å². The van der Waals surface area contributed by atoms with Crippen molar-refractivity contribution in [3.8, 4) is 0 Å². The molecule has 7 heteroatoms. The fourth-order valence-corrected chi connectivity index (χ4v) is 1.69. The summed E-state index contributed by atoms with van der Waals surface area (Å²) < 4.78 is 31.1. The molecule has 0 aliphatic rings. The van der Waals surface area contributed by atoms with Gasteiger partial charge >= 0.3 is 10.3 Å². The largest absolute Gasteiger partial charge is 0.365 e. The summed E-state index contributed by atoms with van der Waals surface area (Å²) >= 11 is 0. The summed E-state index contributed by atoms with van der Waals surface area (Å²) in [6, 6.07) is 6.64. The summed E-state index contributed by atoms with van der Waals surface area (Å²) in [6.45, 7) is 0. The van der Waals surface area contributed by atoms with Gasteiger partial charge in [-0.3, -0.25) is 4.55 Å². The lowest BCUT2D eigenvalue weighted by molar-refractivity contribution is 0.474. The Kier molecular flexibility index (Phi) is 2.97. The highest BCUT2D eigenvalue weighted by molar-refractivity contribution is 7.84. The number of hydrogen-bond acceptors (Lipinski definition) is 3. The Labute approximate surface area is 91.4 Å². The van der Waals surface area contributed by atoms with E-state index in [0.717, 1.165) is 10.3 Å². The molecule has 5 nitrogen and oxygen atoms in total. The zero-order chi connectivity index (χ0) is 9.47. The number of hydrogen-bond donors (Lipinski definition) is 1. The molecule has 0 unspecified atom stereocenters. The number of rotatable bonds is 1. The number of para-hydroxylation sites is 2. The van der Waals surface area contributed by atoms with Gasteiger partial charge in [-0.1, -0.05) is 12.1 Å². The highest BCUT2D eigenvalue weighted by atomic mass is 32.2. The minimum Gasteiger partial charge on any atom is -0.269 e. The Morgan fingerprint density at radius 1 is 1.29 bits per heavy atom. The second-order valence-corrected chi connectivity index (χ2v) is 3.80. The summed E-state index contributed by atoms with van der Waals surface area (Å²) in [5.41, 5.74) is 0.894. The Morgan fingerprint density at radius 2 is 1.93 bits per heavy atom. The molecule has 0 bridgehead atoms. The van der Waals surface area contributed by atoms with Crippen molar-refractivity contribution >= 4 is 38.7 Å². The second kappa shape index (κ2) is 3.71.